The summed E-state index contributed by atoms with van der Waals surface area (Å²) < 4.78 is 28.5. The van der Waals surface area contributed by atoms with Crippen LogP contribution in [-0.4, -0.2) is 14.3 Å². The molecule has 0 fully saturated rings. The van der Waals surface area contributed by atoms with E-state index in [1.165, 1.54) is 0 Å². The molecule has 0 aromatic heterocycles. The fourth-order valence-electron chi connectivity index (χ4n) is 3.14. The molecule has 0 spiro atoms. The Morgan fingerprint density at radius 1 is 0.867 bits per heavy atom. The zero-order chi connectivity index (χ0) is 21.7. The standard InChI is InChI=1S/C24H26N2O3S/c1-17-10-13-21(14-11-17)30(28,29)26-23(20-7-5-4-6-8-20)16-24(27)25-22-15-18(2)9-12-19(22)3/h4-15,23,26H,16H2,1-3H3,(H,25,27)/t23-/m1/s1. The first-order valence-corrected chi connectivity index (χ1v) is 11.2. The van der Waals surface area contributed by atoms with Crippen LogP contribution in [0.4, 0.5) is 5.69 Å². The minimum atomic E-state index is -3.79. The van der Waals surface area contributed by atoms with Gasteiger partial charge in [0.25, 0.3) is 0 Å². The Kier molecular flexibility index (Phi) is 6.70. The van der Waals surface area contributed by atoms with Gasteiger partial charge in [-0.15, -0.1) is 0 Å². The Balaban J connectivity index is 1.83. The van der Waals surface area contributed by atoms with Crippen LogP contribution in [0.15, 0.2) is 77.7 Å². The van der Waals surface area contributed by atoms with Gasteiger partial charge in [-0.1, -0.05) is 60.2 Å². The molecule has 5 nitrogen and oxygen atoms in total. The van der Waals surface area contributed by atoms with Crippen LogP contribution in [0.5, 0.6) is 0 Å². The van der Waals surface area contributed by atoms with E-state index < -0.39 is 16.1 Å². The van der Waals surface area contributed by atoms with Gasteiger partial charge < -0.3 is 5.32 Å². The summed E-state index contributed by atoms with van der Waals surface area (Å²) in [5.74, 6) is -0.260. The smallest absolute Gasteiger partial charge is 0.241 e. The van der Waals surface area contributed by atoms with E-state index in [0.29, 0.717) is 0 Å². The molecule has 1 atom stereocenters. The van der Waals surface area contributed by atoms with Crippen molar-refractivity contribution in [3.05, 3.63) is 95.1 Å². The molecule has 6 heteroatoms. The Morgan fingerprint density at radius 3 is 2.17 bits per heavy atom. The van der Waals surface area contributed by atoms with Gasteiger partial charge in [-0.3, -0.25) is 4.79 Å². The van der Waals surface area contributed by atoms with Crippen LogP contribution < -0.4 is 10.0 Å². The molecule has 30 heavy (non-hydrogen) atoms. The van der Waals surface area contributed by atoms with E-state index in [-0.39, 0.29) is 17.2 Å². The summed E-state index contributed by atoms with van der Waals surface area (Å²) in [7, 11) is -3.79. The average Bonchev–Trinajstić information content (AvgIpc) is 2.71. The maximum atomic E-state index is 12.9. The van der Waals surface area contributed by atoms with E-state index in [9.17, 15) is 13.2 Å². The Labute approximate surface area is 178 Å². The topological polar surface area (TPSA) is 75.3 Å². The normalized spacial score (nSPS) is 12.4. The van der Waals surface area contributed by atoms with E-state index in [4.69, 9.17) is 0 Å². The highest BCUT2D eigenvalue weighted by molar-refractivity contribution is 7.89. The van der Waals surface area contributed by atoms with Gasteiger partial charge in [0, 0.05) is 12.1 Å². The van der Waals surface area contributed by atoms with Crippen LogP contribution in [0.1, 0.15) is 34.7 Å². The number of aryl methyl sites for hydroxylation is 3. The lowest BCUT2D eigenvalue weighted by molar-refractivity contribution is -0.116. The van der Waals surface area contributed by atoms with Crippen LogP contribution in [0.25, 0.3) is 0 Å². The molecule has 0 unspecified atom stereocenters. The molecule has 1 amide bonds. The summed E-state index contributed by atoms with van der Waals surface area (Å²) in [6.45, 7) is 5.77. The van der Waals surface area contributed by atoms with E-state index in [1.54, 1.807) is 24.3 Å². The van der Waals surface area contributed by atoms with Crippen molar-refractivity contribution in [3.63, 3.8) is 0 Å². The highest BCUT2D eigenvalue weighted by Gasteiger charge is 2.24. The van der Waals surface area contributed by atoms with Crippen molar-refractivity contribution < 1.29 is 13.2 Å². The minimum absolute atomic E-state index is 0.0253. The van der Waals surface area contributed by atoms with E-state index in [2.05, 4.69) is 10.0 Å². The maximum absolute atomic E-state index is 12.9. The number of anilines is 1. The molecule has 0 aliphatic carbocycles. The fourth-order valence-corrected chi connectivity index (χ4v) is 4.37. The first-order valence-electron chi connectivity index (χ1n) is 9.75. The van der Waals surface area contributed by atoms with Crippen molar-refractivity contribution in [2.75, 3.05) is 5.32 Å². The quantitative estimate of drug-likeness (QED) is 0.581. The second kappa shape index (κ2) is 9.24. The van der Waals surface area contributed by atoms with Gasteiger partial charge in [0.05, 0.1) is 10.9 Å². The molecule has 0 aliphatic rings. The number of rotatable bonds is 7. The van der Waals surface area contributed by atoms with Gasteiger partial charge in [-0.25, -0.2) is 13.1 Å². The molecular formula is C24H26N2O3S. The lowest BCUT2D eigenvalue weighted by Gasteiger charge is -2.20. The molecule has 0 aliphatic heterocycles. The molecule has 0 radical (unpaired) electrons. The van der Waals surface area contributed by atoms with Crippen molar-refractivity contribution in [1.82, 2.24) is 4.72 Å². The van der Waals surface area contributed by atoms with Crippen molar-refractivity contribution in [1.29, 1.82) is 0 Å². The number of nitrogens with one attached hydrogen (secondary N) is 2. The SMILES string of the molecule is Cc1ccc(S(=O)(=O)N[C@H](CC(=O)Nc2cc(C)ccc2C)c2ccccc2)cc1. The molecule has 156 valence electrons. The molecular weight excluding hydrogens is 396 g/mol. The monoisotopic (exact) mass is 422 g/mol. The third-order valence-corrected chi connectivity index (χ3v) is 6.37. The Morgan fingerprint density at radius 2 is 1.50 bits per heavy atom. The van der Waals surface area contributed by atoms with Crippen LogP contribution in [-0.2, 0) is 14.8 Å². The first-order chi connectivity index (χ1) is 14.2. The summed E-state index contributed by atoms with van der Waals surface area (Å²) in [5, 5.41) is 2.91. The molecule has 0 saturated heterocycles. The molecule has 3 aromatic rings. The van der Waals surface area contributed by atoms with E-state index in [0.717, 1.165) is 27.9 Å². The van der Waals surface area contributed by atoms with Crippen LogP contribution >= 0.6 is 0 Å². The van der Waals surface area contributed by atoms with Crippen molar-refractivity contribution in [3.8, 4) is 0 Å². The maximum Gasteiger partial charge on any atom is 0.241 e. The second-order valence-electron chi connectivity index (χ2n) is 7.47. The van der Waals surface area contributed by atoms with Gasteiger partial charge in [0.2, 0.25) is 15.9 Å². The van der Waals surface area contributed by atoms with Crippen LogP contribution in [0.2, 0.25) is 0 Å². The van der Waals surface area contributed by atoms with Gasteiger partial charge >= 0.3 is 0 Å². The van der Waals surface area contributed by atoms with E-state index >= 15 is 0 Å². The molecule has 0 heterocycles. The van der Waals surface area contributed by atoms with Gasteiger partial charge in [0.15, 0.2) is 0 Å². The van der Waals surface area contributed by atoms with E-state index in [1.807, 2.05) is 69.3 Å². The van der Waals surface area contributed by atoms with Crippen molar-refractivity contribution >= 4 is 21.6 Å². The molecule has 0 saturated carbocycles. The third kappa shape index (κ3) is 5.55. The van der Waals surface area contributed by atoms with Gasteiger partial charge in [-0.05, 0) is 55.7 Å². The number of carbonyl (C=O) groups excluding carboxylic acids is 1. The number of carbonyl (C=O) groups is 1. The molecule has 0 bridgehead atoms. The number of hydrogen-bond donors (Lipinski definition) is 2. The predicted octanol–water partition coefficient (Wildman–Crippen LogP) is 4.66. The van der Waals surface area contributed by atoms with Gasteiger partial charge in [0.1, 0.15) is 0 Å². The second-order valence-corrected chi connectivity index (χ2v) is 9.18. The molecule has 3 aromatic carbocycles. The number of amides is 1. The molecule has 2 N–H and O–H groups in total. The van der Waals surface area contributed by atoms with Crippen molar-refractivity contribution in [2.45, 2.75) is 38.1 Å². The summed E-state index contributed by atoms with van der Waals surface area (Å²) in [5.41, 5.74) is 4.42. The lowest BCUT2D eigenvalue weighted by Crippen LogP contribution is -2.31. The van der Waals surface area contributed by atoms with Crippen molar-refractivity contribution in [2.24, 2.45) is 0 Å². The number of hydrogen-bond acceptors (Lipinski definition) is 3. The number of benzene rings is 3. The summed E-state index contributed by atoms with van der Waals surface area (Å²) >= 11 is 0. The summed E-state index contributed by atoms with van der Waals surface area (Å²) in [6.07, 6.45) is -0.0253. The summed E-state index contributed by atoms with van der Waals surface area (Å²) in [6, 6.07) is 20.9. The zero-order valence-corrected chi connectivity index (χ0v) is 18.2. The minimum Gasteiger partial charge on any atom is -0.326 e. The third-order valence-electron chi connectivity index (χ3n) is 4.89. The Hall–Kier alpha value is -2.96. The van der Waals surface area contributed by atoms with Gasteiger partial charge in [-0.2, -0.15) is 0 Å². The predicted molar refractivity (Wildman–Crippen MR) is 120 cm³/mol. The summed E-state index contributed by atoms with van der Waals surface area (Å²) in [4.78, 5) is 13.0. The zero-order valence-electron chi connectivity index (χ0n) is 17.3. The highest BCUT2D eigenvalue weighted by atomic mass is 32.2. The largest absolute Gasteiger partial charge is 0.326 e. The lowest BCUT2D eigenvalue weighted by atomic mass is 10.0. The first kappa shape index (κ1) is 21.7. The van der Waals surface area contributed by atoms with Crippen LogP contribution in [0.3, 0.4) is 0 Å². The Bertz CT molecular complexity index is 1120. The highest BCUT2D eigenvalue weighted by Crippen LogP contribution is 2.23. The fraction of sp³-hybridized carbons (Fsp3) is 0.208. The average molecular weight is 423 g/mol. The number of sulfonamides is 1. The van der Waals surface area contributed by atoms with Crippen LogP contribution in [0, 0.1) is 20.8 Å². The molecule has 3 rings (SSSR count).